The summed E-state index contributed by atoms with van der Waals surface area (Å²) in [5.74, 6) is 0. The van der Waals surface area contributed by atoms with E-state index in [1.54, 1.807) is 0 Å². The van der Waals surface area contributed by atoms with Crippen LogP contribution >= 0.6 is 0 Å². The number of hydrogen-bond acceptors (Lipinski definition) is 3. The Kier molecular flexibility index (Phi) is 5.93. The number of likely N-dealkylation sites (N-methyl/N-ethyl adjacent to an activating group) is 1. The SMILES string of the molecule is CCCN1CCC(NC2CCCN(CC)C2)CC1. The molecule has 1 N–H and O–H groups in total. The first-order valence-corrected chi connectivity index (χ1v) is 8.02. The lowest BCUT2D eigenvalue weighted by molar-refractivity contribution is 0.156. The molecule has 106 valence electrons. The second kappa shape index (κ2) is 7.46. The number of piperidine rings is 2. The molecule has 0 radical (unpaired) electrons. The van der Waals surface area contributed by atoms with Crippen molar-refractivity contribution in [2.75, 3.05) is 39.3 Å². The van der Waals surface area contributed by atoms with Crippen molar-refractivity contribution >= 4 is 0 Å². The van der Waals surface area contributed by atoms with Crippen LogP contribution in [0.25, 0.3) is 0 Å². The van der Waals surface area contributed by atoms with E-state index in [0.717, 1.165) is 12.1 Å². The van der Waals surface area contributed by atoms with Crippen LogP contribution in [0, 0.1) is 0 Å². The number of likely N-dealkylation sites (tertiary alicyclic amines) is 2. The molecule has 2 aliphatic heterocycles. The second-order valence-corrected chi connectivity index (χ2v) is 6.01. The lowest BCUT2D eigenvalue weighted by atomic mass is 10.00. The Bertz CT molecular complexity index is 224. The highest BCUT2D eigenvalue weighted by molar-refractivity contribution is 4.84. The van der Waals surface area contributed by atoms with E-state index in [1.807, 2.05) is 0 Å². The van der Waals surface area contributed by atoms with Crippen LogP contribution in [0.3, 0.4) is 0 Å². The molecule has 18 heavy (non-hydrogen) atoms. The normalized spacial score (nSPS) is 28.7. The summed E-state index contributed by atoms with van der Waals surface area (Å²) in [4.78, 5) is 5.21. The zero-order valence-electron chi connectivity index (χ0n) is 12.3. The van der Waals surface area contributed by atoms with Gasteiger partial charge in [0.1, 0.15) is 0 Å². The van der Waals surface area contributed by atoms with E-state index < -0.39 is 0 Å². The van der Waals surface area contributed by atoms with Gasteiger partial charge in [-0.15, -0.1) is 0 Å². The molecular formula is C15H31N3. The minimum atomic E-state index is 0.751. The minimum Gasteiger partial charge on any atom is -0.310 e. The standard InChI is InChI=1S/C15H31N3/c1-3-9-18-11-7-14(8-12-18)16-15-6-5-10-17(4-2)13-15/h14-16H,3-13H2,1-2H3. The van der Waals surface area contributed by atoms with Gasteiger partial charge in [-0.25, -0.2) is 0 Å². The van der Waals surface area contributed by atoms with E-state index in [2.05, 4.69) is 29.0 Å². The van der Waals surface area contributed by atoms with Gasteiger partial charge in [0.2, 0.25) is 0 Å². The average molecular weight is 253 g/mol. The Labute approximate surface area is 113 Å². The highest BCUT2D eigenvalue weighted by Crippen LogP contribution is 2.15. The van der Waals surface area contributed by atoms with Crippen molar-refractivity contribution in [3.05, 3.63) is 0 Å². The molecule has 3 nitrogen and oxygen atoms in total. The fraction of sp³-hybridized carbons (Fsp3) is 1.00. The van der Waals surface area contributed by atoms with Crippen LogP contribution < -0.4 is 5.32 Å². The molecule has 0 amide bonds. The topological polar surface area (TPSA) is 18.5 Å². The van der Waals surface area contributed by atoms with E-state index in [9.17, 15) is 0 Å². The van der Waals surface area contributed by atoms with Crippen molar-refractivity contribution in [3.63, 3.8) is 0 Å². The molecule has 2 fully saturated rings. The summed E-state index contributed by atoms with van der Waals surface area (Å²) in [6.07, 6.45) is 6.75. The summed E-state index contributed by atoms with van der Waals surface area (Å²) >= 11 is 0. The zero-order chi connectivity index (χ0) is 12.8. The molecule has 0 saturated carbocycles. The van der Waals surface area contributed by atoms with Crippen LogP contribution in [0.15, 0.2) is 0 Å². The van der Waals surface area contributed by atoms with Crippen molar-refractivity contribution in [2.45, 2.75) is 58.0 Å². The van der Waals surface area contributed by atoms with E-state index in [1.165, 1.54) is 71.4 Å². The molecule has 2 heterocycles. The number of nitrogens with zero attached hydrogens (tertiary/aromatic N) is 2. The van der Waals surface area contributed by atoms with Crippen molar-refractivity contribution in [1.82, 2.24) is 15.1 Å². The zero-order valence-corrected chi connectivity index (χ0v) is 12.3. The number of hydrogen-bond donors (Lipinski definition) is 1. The van der Waals surface area contributed by atoms with Crippen LogP contribution in [0.2, 0.25) is 0 Å². The van der Waals surface area contributed by atoms with Gasteiger partial charge in [-0.3, -0.25) is 0 Å². The molecule has 2 saturated heterocycles. The molecule has 0 bridgehead atoms. The van der Waals surface area contributed by atoms with Gasteiger partial charge in [0.15, 0.2) is 0 Å². The van der Waals surface area contributed by atoms with Gasteiger partial charge in [-0.05, 0) is 64.8 Å². The molecule has 0 aliphatic carbocycles. The first-order chi connectivity index (χ1) is 8.81. The van der Waals surface area contributed by atoms with Gasteiger partial charge in [0.05, 0.1) is 0 Å². The van der Waals surface area contributed by atoms with Gasteiger partial charge in [-0.1, -0.05) is 13.8 Å². The van der Waals surface area contributed by atoms with Crippen molar-refractivity contribution in [2.24, 2.45) is 0 Å². The third kappa shape index (κ3) is 4.22. The van der Waals surface area contributed by atoms with Crippen LogP contribution in [0.4, 0.5) is 0 Å². The Morgan fingerprint density at radius 1 is 0.944 bits per heavy atom. The summed E-state index contributed by atoms with van der Waals surface area (Å²) in [5.41, 5.74) is 0. The summed E-state index contributed by atoms with van der Waals surface area (Å²) in [5, 5.41) is 3.92. The van der Waals surface area contributed by atoms with Gasteiger partial charge in [0, 0.05) is 18.6 Å². The molecule has 2 rings (SSSR count). The second-order valence-electron chi connectivity index (χ2n) is 6.01. The van der Waals surface area contributed by atoms with Crippen molar-refractivity contribution in [1.29, 1.82) is 0 Å². The predicted octanol–water partition coefficient (Wildman–Crippen LogP) is 1.93. The summed E-state index contributed by atoms with van der Waals surface area (Å²) in [6, 6.07) is 1.53. The summed E-state index contributed by atoms with van der Waals surface area (Å²) in [7, 11) is 0. The van der Waals surface area contributed by atoms with E-state index in [4.69, 9.17) is 0 Å². The average Bonchev–Trinajstić information content (AvgIpc) is 2.42. The largest absolute Gasteiger partial charge is 0.310 e. The molecule has 0 aromatic heterocycles. The molecule has 0 aromatic rings. The summed E-state index contributed by atoms with van der Waals surface area (Å²) in [6.45, 7) is 12.3. The van der Waals surface area contributed by atoms with E-state index in [-0.39, 0.29) is 0 Å². The smallest absolute Gasteiger partial charge is 0.0198 e. The number of nitrogens with one attached hydrogen (secondary N) is 1. The Hall–Kier alpha value is -0.120. The maximum atomic E-state index is 3.92. The monoisotopic (exact) mass is 253 g/mol. The third-order valence-corrected chi connectivity index (χ3v) is 4.55. The van der Waals surface area contributed by atoms with Crippen LogP contribution in [0.5, 0.6) is 0 Å². The molecule has 2 aliphatic rings. The first kappa shape index (κ1) is 14.3. The third-order valence-electron chi connectivity index (χ3n) is 4.55. The van der Waals surface area contributed by atoms with Gasteiger partial charge in [-0.2, -0.15) is 0 Å². The van der Waals surface area contributed by atoms with Gasteiger partial charge in [0.25, 0.3) is 0 Å². The Morgan fingerprint density at radius 2 is 1.72 bits per heavy atom. The van der Waals surface area contributed by atoms with E-state index in [0.29, 0.717) is 0 Å². The van der Waals surface area contributed by atoms with Crippen LogP contribution in [-0.4, -0.2) is 61.2 Å². The molecular weight excluding hydrogens is 222 g/mol. The highest BCUT2D eigenvalue weighted by Gasteiger charge is 2.24. The van der Waals surface area contributed by atoms with Crippen LogP contribution in [-0.2, 0) is 0 Å². The minimum absolute atomic E-state index is 0.751. The van der Waals surface area contributed by atoms with Gasteiger partial charge >= 0.3 is 0 Å². The van der Waals surface area contributed by atoms with Gasteiger partial charge < -0.3 is 15.1 Å². The first-order valence-electron chi connectivity index (χ1n) is 8.02. The maximum absolute atomic E-state index is 3.92. The summed E-state index contributed by atoms with van der Waals surface area (Å²) < 4.78 is 0. The lowest BCUT2D eigenvalue weighted by Crippen LogP contribution is -2.51. The molecule has 0 aromatic carbocycles. The quantitative estimate of drug-likeness (QED) is 0.808. The molecule has 3 heteroatoms. The highest BCUT2D eigenvalue weighted by atomic mass is 15.2. The Balaban J connectivity index is 1.67. The lowest BCUT2D eigenvalue weighted by Gasteiger charge is -2.38. The number of rotatable bonds is 5. The van der Waals surface area contributed by atoms with Crippen LogP contribution in [0.1, 0.15) is 46.0 Å². The molecule has 1 atom stereocenters. The molecule has 0 spiro atoms. The van der Waals surface area contributed by atoms with Crippen molar-refractivity contribution in [3.8, 4) is 0 Å². The fourth-order valence-electron chi connectivity index (χ4n) is 3.45. The Morgan fingerprint density at radius 3 is 2.39 bits per heavy atom. The predicted molar refractivity (Wildman–Crippen MR) is 78.0 cm³/mol. The molecule has 1 unspecified atom stereocenters. The fourth-order valence-corrected chi connectivity index (χ4v) is 3.45. The maximum Gasteiger partial charge on any atom is 0.0198 e. The van der Waals surface area contributed by atoms with Crippen molar-refractivity contribution < 1.29 is 0 Å². The van der Waals surface area contributed by atoms with E-state index >= 15 is 0 Å².